The highest BCUT2D eigenvalue weighted by atomic mass is 79.9. The molecule has 0 saturated heterocycles. The van der Waals surface area contributed by atoms with Crippen molar-refractivity contribution in [1.29, 1.82) is 0 Å². The van der Waals surface area contributed by atoms with Crippen LogP contribution in [-0.2, 0) is 25.4 Å². The number of alkyl halides is 6. The van der Waals surface area contributed by atoms with Crippen LogP contribution in [0.2, 0.25) is 0 Å². The molecule has 39 heavy (non-hydrogen) atoms. The summed E-state index contributed by atoms with van der Waals surface area (Å²) in [5, 5.41) is 10.8. The van der Waals surface area contributed by atoms with Gasteiger partial charge in [-0.1, -0.05) is 17.9 Å². The van der Waals surface area contributed by atoms with E-state index in [2.05, 4.69) is 41.3 Å². The molecule has 0 atom stereocenters. The second-order valence-corrected chi connectivity index (χ2v) is 10.3. The zero-order valence-corrected chi connectivity index (χ0v) is 23.1. The van der Waals surface area contributed by atoms with Crippen molar-refractivity contribution in [2.24, 2.45) is 27.1 Å². The first-order chi connectivity index (χ1) is 18.3. The van der Waals surface area contributed by atoms with E-state index in [9.17, 15) is 26.3 Å². The molecule has 1 heterocycles. The number of hydrogen-bond acceptors (Lipinski definition) is 4. The van der Waals surface area contributed by atoms with Gasteiger partial charge in [0.05, 0.1) is 18.2 Å². The van der Waals surface area contributed by atoms with Crippen LogP contribution in [0.4, 0.5) is 32.2 Å². The molecular formula is C25H30BrF6N7. The molecule has 14 heteroatoms. The molecule has 0 bridgehead atoms. The first kappa shape index (κ1) is 30.6. The Kier molecular flexibility index (Phi) is 10.2. The van der Waals surface area contributed by atoms with Crippen LogP contribution in [0.5, 0.6) is 0 Å². The number of guanidine groups is 1. The predicted molar refractivity (Wildman–Crippen MR) is 140 cm³/mol. The molecule has 2 aromatic rings. The summed E-state index contributed by atoms with van der Waals surface area (Å²) >= 11 is 3.41. The minimum Gasteiger partial charge on any atom is -0.368 e. The quantitative estimate of drug-likeness (QED) is 0.105. The molecule has 214 valence electrons. The molecule has 1 saturated carbocycles. The van der Waals surface area contributed by atoms with Gasteiger partial charge in [0.1, 0.15) is 5.82 Å². The van der Waals surface area contributed by atoms with Gasteiger partial charge in [-0.25, -0.2) is 4.98 Å². The number of aromatic nitrogens is 1. The van der Waals surface area contributed by atoms with Crippen molar-refractivity contribution < 1.29 is 26.3 Å². The number of halogens is 7. The molecule has 1 aliphatic carbocycles. The van der Waals surface area contributed by atoms with Crippen LogP contribution < -0.4 is 10.6 Å². The van der Waals surface area contributed by atoms with Gasteiger partial charge in [-0.2, -0.15) is 31.5 Å². The Morgan fingerprint density at radius 1 is 1.03 bits per heavy atom. The third-order valence-corrected chi connectivity index (χ3v) is 6.92. The highest BCUT2D eigenvalue weighted by Gasteiger charge is 2.37. The van der Waals surface area contributed by atoms with E-state index >= 15 is 0 Å². The Balaban J connectivity index is 2.03. The SMILES string of the molecule is CCN(CC1CCCC1)c1ncc(Br)cc1CN(Cc1cc(C(F)(F)F)cc(C(F)(F)F)c1)/C(N)=N/N=NC. The molecule has 1 aromatic heterocycles. The molecule has 1 aromatic carbocycles. The zero-order valence-electron chi connectivity index (χ0n) is 21.5. The maximum absolute atomic E-state index is 13.5. The van der Waals surface area contributed by atoms with Crippen LogP contribution in [0.1, 0.15) is 54.9 Å². The van der Waals surface area contributed by atoms with Gasteiger partial charge in [0.15, 0.2) is 0 Å². The lowest BCUT2D eigenvalue weighted by Gasteiger charge is -2.30. The van der Waals surface area contributed by atoms with Crippen molar-refractivity contribution in [3.8, 4) is 0 Å². The van der Waals surface area contributed by atoms with Crippen molar-refractivity contribution in [3.63, 3.8) is 0 Å². The average molecular weight is 622 g/mol. The summed E-state index contributed by atoms with van der Waals surface area (Å²) in [4.78, 5) is 8.07. The lowest BCUT2D eigenvalue weighted by atomic mass is 10.0. The molecule has 0 aliphatic heterocycles. The fourth-order valence-electron chi connectivity index (χ4n) is 4.65. The Hall–Kier alpha value is -2.90. The Labute approximate surface area is 231 Å². The molecule has 3 rings (SSSR count). The Morgan fingerprint density at radius 3 is 2.18 bits per heavy atom. The average Bonchev–Trinajstić information content (AvgIpc) is 3.38. The smallest absolute Gasteiger partial charge is 0.368 e. The summed E-state index contributed by atoms with van der Waals surface area (Å²) in [5.41, 5.74) is 3.71. The summed E-state index contributed by atoms with van der Waals surface area (Å²) in [5.74, 6) is 0.945. The maximum Gasteiger partial charge on any atom is 0.416 e. The third kappa shape index (κ3) is 8.54. The number of anilines is 1. The number of nitrogens with two attached hydrogens (primary N) is 1. The second kappa shape index (κ2) is 13.0. The molecule has 2 N–H and O–H groups in total. The molecule has 0 spiro atoms. The van der Waals surface area contributed by atoms with Crippen LogP contribution in [0.15, 0.2) is 50.4 Å². The number of benzene rings is 1. The number of pyridine rings is 1. The first-order valence-corrected chi connectivity index (χ1v) is 13.2. The Bertz CT molecular complexity index is 1140. The van der Waals surface area contributed by atoms with Crippen molar-refractivity contribution >= 4 is 27.7 Å². The number of nitrogens with zero attached hydrogens (tertiary/aromatic N) is 6. The van der Waals surface area contributed by atoms with Crippen LogP contribution in [0.3, 0.4) is 0 Å². The van der Waals surface area contributed by atoms with Gasteiger partial charge >= 0.3 is 12.4 Å². The largest absolute Gasteiger partial charge is 0.416 e. The van der Waals surface area contributed by atoms with E-state index in [1.807, 2.05) is 6.92 Å². The minimum atomic E-state index is -4.97. The lowest BCUT2D eigenvalue weighted by molar-refractivity contribution is -0.143. The molecule has 0 amide bonds. The number of hydrogen-bond donors (Lipinski definition) is 1. The van der Waals surface area contributed by atoms with Crippen LogP contribution in [-0.4, -0.2) is 36.0 Å². The van der Waals surface area contributed by atoms with Gasteiger partial charge < -0.3 is 15.5 Å². The topological polar surface area (TPSA) is 82.5 Å². The Morgan fingerprint density at radius 2 is 1.64 bits per heavy atom. The highest BCUT2D eigenvalue weighted by Crippen LogP contribution is 2.37. The van der Waals surface area contributed by atoms with Gasteiger partial charge in [0, 0.05) is 42.4 Å². The van der Waals surface area contributed by atoms with Crippen molar-refractivity contribution in [2.75, 3.05) is 25.0 Å². The number of rotatable bonds is 9. The van der Waals surface area contributed by atoms with E-state index in [0.29, 0.717) is 40.4 Å². The van der Waals surface area contributed by atoms with Crippen molar-refractivity contribution in [1.82, 2.24) is 9.88 Å². The fraction of sp³-hybridized carbons (Fsp3) is 0.520. The predicted octanol–water partition coefficient (Wildman–Crippen LogP) is 7.21. The van der Waals surface area contributed by atoms with E-state index in [1.54, 1.807) is 12.3 Å². The van der Waals surface area contributed by atoms with Crippen molar-refractivity contribution in [2.45, 2.75) is 58.0 Å². The monoisotopic (exact) mass is 621 g/mol. The molecule has 0 unspecified atom stereocenters. The van der Waals surface area contributed by atoms with Gasteiger partial charge in [-0.3, -0.25) is 0 Å². The van der Waals surface area contributed by atoms with Crippen LogP contribution in [0.25, 0.3) is 0 Å². The maximum atomic E-state index is 13.5. The summed E-state index contributed by atoms with van der Waals surface area (Å²) in [7, 11) is 1.35. The minimum absolute atomic E-state index is 0.00486. The van der Waals surface area contributed by atoms with E-state index in [1.165, 1.54) is 24.8 Å². The molecule has 1 aliphatic rings. The normalized spacial score (nSPS) is 15.4. The lowest BCUT2D eigenvalue weighted by Crippen LogP contribution is -2.37. The van der Waals surface area contributed by atoms with Crippen LogP contribution in [0, 0.1) is 5.92 Å². The summed E-state index contributed by atoms with van der Waals surface area (Å²) in [6.45, 7) is 3.04. The fourth-order valence-corrected chi connectivity index (χ4v) is 5.03. The first-order valence-electron chi connectivity index (χ1n) is 12.4. The van der Waals surface area contributed by atoms with Gasteiger partial charge in [-0.15, -0.1) is 0 Å². The van der Waals surface area contributed by atoms with Gasteiger partial charge in [-0.05, 0) is 76.7 Å². The third-order valence-electron chi connectivity index (χ3n) is 6.49. The summed E-state index contributed by atoms with van der Waals surface area (Å²) in [6, 6.07) is 3.24. The van der Waals surface area contributed by atoms with Crippen LogP contribution >= 0.6 is 15.9 Å². The second-order valence-electron chi connectivity index (χ2n) is 9.34. The van der Waals surface area contributed by atoms with E-state index in [0.717, 1.165) is 19.4 Å². The molecule has 7 nitrogen and oxygen atoms in total. The van der Waals surface area contributed by atoms with E-state index < -0.39 is 30.0 Å². The summed E-state index contributed by atoms with van der Waals surface area (Å²) in [6.07, 6.45) is -3.72. The van der Waals surface area contributed by atoms with E-state index in [-0.39, 0.29) is 24.1 Å². The van der Waals surface area contributed by atoms with Crippen molar-refractivity contribution in [3.05, 3.63) is 57.2 Å². The summed E-state index contributed by atoms with van der Waals surface area (Å²) < 4.78 is 81.4. The standard InChI is InChI=1S/C25H30BrF6N7/c1-3-38(13-16-6-4-5-7-16)22-18(10-21(26)12-35-22)15-39(23(33)36-37-34-2)14-17-8-19(24(27,28)29)11-20(9-17)25(30,31)32/h8-12,16H,3-7,13-15H2,1-2H3,(H2,33,34,36). The van der Waals surface area contributed by atoms with Gasteiger partial charge in [0.2, 0.25) is 5.96 Å². The molecular weight excluding hydrogens is 592 g/mol. The van der Waals surface area contributed by atoms with E-state index in [4.69, 9.17) is 5.73 Å². The molecule has 0 radical (unpaired) electrons. The zero-order chi connectivity index (χ0) is 28.8. The highest BCUT2D eigenvalue weighted by molar-refractivity contribution is 9.10. The van der Waals surface area contributed by atoms with Gasteiger partial charge in [0.25, 0.3) is 0 Å². The molecule has 1 fully saturated rings.